The van der Waals surface area contributed by atoms with Crippen LogP contribution in [0.5, 0.6) is 0 Å². The molecule has 0 saturated heterocycles. The average Bonchev–Trinajstić information content (AvgIpc) is 2.72. The minimum atomic E-state index is -0.0192. The molecule has 0 fully saturated rings. The van der Waals surface area contributed by atoms with Crippen LogP contribution < -0.4 is 5.32 Å². The van der Waals surface area contributed by atoms with Gasteiger partial charge in [0.05, 0.1) is 6.54 Å². The summed E-state index contributed by atoms with van der Waals surface area (Å²) in [5, 5.41) is 4.14. The van der Waals surface area contributed by atoms with Gasteiger partial charge in [-0.2, -0.15) is 0 Å². The van der Waals surface area contributed by atoms with E-state index in [9.17, 15) is 0 Å². The van der Waals surface area contributed by atoms with Crippen molar-refractivity contribution in [1.82, 2.24) is 5.32 Å². The largest absolute Gasteiger partial charge is 0.382 e. The summed E-state index contributed by atoms with van der Waals surface area (Å²) in [4.78, 5) is 4.18. The van der Waals surface area contributed by atoms with Gasteiger partial charge in [-0.3, -0.25) is 4.99 Å². The third kappa shape index (κ3) is 4.34. The fraction of sp³-hybridized carbons (Fsp3) is 0.500. The number of nitrogens with one attached hydrogen (secondary N) is 1. The van der Waals surface area contributed by atoms with Gasteiger partial charge in [-0.05, 0) is 55.9 Å². The second-order valence-electron chi connectivity index (χ2n) is 6.84. The number of hydrogen-bond donors (Lipinski definition) is 1. The Hall–Kier alpha value is -1.28. The Bertz CT molecular complexity index is 583. The van der Waals surface area contributed by atoms with E-state index in [1.807, 2.05) is 6.08 Å². The van der Waals surface area contributed by atoms with Crippen LogP contribution in [-0.2, 0) is 6.42 Å². The van der Waals surface area contributed by atoms with Crippen LogP contribution in [0.25, 0.3) is 0 Å². The monoisotopic (exact) mass is 304 g/mol. The van der Waals surface area contributed by atoms with Crippen molar-refractivity contribution in [3.8, 4) is 0 Å². The van der Waals surface area contributed by atoms with E-state index in [4.69, 9.17) is 11.6 Å². The van der Waals surface area contributed by atoms with Crippen molar-refractivity contribution in [3.63, 3.8) is 0 Å². The standard InChI is InChI=1S/C18H25ClN2/c1-12(2)16-7-6-14(8-13(16)3)10-18(4,5)21-15-9-17(19)20-11-15/h6-9,12,21H,10-11H2,1-5H3. The quantitative estimate of drug-likeness (QED) is 0.847. The van der Waals surface area contributed by atoms with Crippen molar-refractivity contribution >= 4 is 16.8 Å². The fourth-order valence-electron chi connectivity index (χ4n) is 2.96. The maximum Gasteiger partial charge on any atom is 0.125 e. The predicted octanol–water partition coefficient (Wildman–Crippen LogP) is 4.56. The summed E-state index contributed by atoms with van der Waals surface area (Å²) in [6, 6.07) is 6.82. The summed E-state index contributed by atoms with van der Waals surface area (Å²) in [6.07, 6.45) is 2.89. The molecule has 21 heavy (non-hydrogen) atoms. The van der Waals surface area contributed by atoms with Crippen LogP contribution in [0, 0.1) is 6.92 Å². The van der Waals surface area contributed by atoms with E-state index in [2.05, 4.69) is 63.1 Å². The van der Waals surface area contributed by atoms with Gasteiger partial charge in [0.1, 0.15) is 5.17 Å². The van der Waals surface area contributed by atoms with E-state index in [0.29, 0.717) is 17.6 Å². The van der Waals surface area contributed by atoms with Crippen LogP contribution in [-0.4, -0.2) is 17.3 Å². The summed E-state index contributed by atoms with van der Waals surface area (Å²) in [5.41, 5.74) is 5.25. The summed E-state index contributed by atoms with van der Waals surface area (Å²) >= 11 is 5.90. The van der Waals surface area contributed by atoms with Gasteiger partial charge in [0, 0.05) is 11.2 Å². The fourth-order valence-corrected chi connectivity index (χ4v) is 3.15. The van der Waals surface area contributed by atoms with Crippen molar-refractivity contribution in [2.24, 2.45) is 4.99 Å². The van der Waals surface area contributed by atoms with Gasteiger partial charge in [-0.25, -0.2) is 0 Å². The van der Waals surface area contributed by atoms with Gasteiger partial charge in [0.15, 0.2) is 0 Å². The molecule has 0 aromatic heterocycles. The number of rotatable bonds is 5. The molecule has 1 aliphatic rings. The number of aliphatic imine (C=N–C) groups is 1. The molecule has 0 spiro atoms. The molecule has 1 aromatic rings. The minimum absolute atomic E-state index is 0.0192. The molecule has 2 rings (SSSR count). The van der Waals surface area contributed by atoms with Crippen molar-refractivity contribution in [2.75, 3.05) is 6.54 Å². The molecular formula is C18H25ClN2. The number of hydrogen-bond acceptors (Lipinski definition) is 2. The smallest absolute Gasteiger partial charge is 0.125 e. The average molecular weight is 305 g/mol. The zero-order valence-corrected chi connectivity index (χ0v) is 14.4. The van der Waals surface area contributed by atoms with Gasteiger partial charge < -0.3 is 5.32 Å². The van der Waals surface area contributed by atoms with Gasteiger partial charge in [0.25, 0.3) is 0 Å². The molecule has 1 aliphatic heterocycles. The van der Waals surface area contributed by atoms with Crippen molar-refractivity contribution in [1.29, 1.82) is 0 Å². The third-order valence-electron chi connectivity index (χ3n) is 3.80. The van der Waals surface area contributed by atoms with Crippen molar-refractivity contribution in [3.05, 3.63) is 46.7 Å². The first-order chi connectivity index (χ1) is 9.77. The molecule has 0 saturated carbocycles. The van der Waals surface area contributed by atoms with Crippen molar-refractivity contribution in [2.45, 2.75) is 52.5 Å². The van der Waals surface area contributed by atoms with Crippen LogP contribution >= 0.6 is 11.6 Å². The maximum absolute atomic E-state index is 5.90. The second-order valence-corrected chi connectivity index (χ2v) is 7.23. The van der Waals surface area contributed by atoms with Crippen LogP contribution in [0.2, 0.25) is 0 Å². The summed E-state index contributed by atoms with van der Waals surface area (Å²) < 4.78 is 0. The second kappa shape index (κ2) is 6.23. The molecule has 0 radical (unpaired) electrons. The Morgan fingerprint density at radius 3 is 2.57 bits per heavy atom. The normalized spacial score (nSPS) is 15.2. The number of nitrogens with zero attached hydrogens (tertiary/aromatic N) is 1. The van der Waals surface area contributed by atoms with E-state index in [0.717, 1.165) is 12.1 Å². The zero-order valence-electron chi connectivity index (χ0n) is 13.6. The first kappa shape index (κ1) is 16.1. The van der Waals surface area contributed by atoms with E-state index in [-0.39, 0.29) is 5.54 Å². The molecule has 0 amide bonds. The predicted molar refractivity (Wildman–Crippen MR) is 92.4 cm³/mol. The van der Waals surface area contributed by atoms with Gasteiger partial charge in [0.2, 0.25) is 0 Å². The third-order valence-corrected chi connectivity index (χ3v) is 4.02. The first-order valence-corrected chi connectivity index (χ1v) is 7.93. The highest BCUT2D eigenvalue weighted by molar-refractivity contribution is 6.68. The van der Waals surface area contributed by atoms with E-state index < -0.39 is 0 Å². The highest BCUT2D eigenvalue weighted by atomic mass is 35.5. The number of halogens is 1. The molecule has 2 nitrogen and oxygen atoms in total. The lowest BCUT2D eigenvalue weighted by Crippen LogP contribution is -2.41. The number of benzene rings is 1. The molecule has 0 aliphatic carbocycles. The van der Waals surface area contributed by atoms with Gasteiger partial charge >= 0.3 is 0 Å². The van der Waals surface area contributed by atoms with Crippen LogP contribution in [0.15, 0.2) is 35.0 Å². The molecule has 0 unspecified atom stereocenters. The first-order valence-electron chi connectivity index (χ1n) is 7.55. The van der Waals surface area contributed by atoms with E-state index >= 15 is 0 Å². The van der Waals surface area contributed by atoms with E-state index in [1.54, 1.807) is 0 Å². The molecule has 0 atom stereocenters. The summed E-state index contributed by atoms with van der Waals surface area (Å²) in [7, 11) is 0. The highest BCUT2D eigenvalue weighted by Crippen LogP contribution is 2.23. The Morgan fingerprint density at radius 2 is 2.05 bits per heavy atom. The minimum Gasteiger partial charge on any atom is -0.382 e. The topological polar surface area (TPSA) is 24.4 Å². The molecule has 3 heteroatoms. The van der Waals surface area contributed by atoms with Gasteiger partial charge in [-0.15, -0.1) is 0 Å². The maximum atomic E-state index is 5.90. The Morgan fingerprint density at radius 1 is 1.33 bits per heavy atom. The molecule has 0 bridgehead atoms. The molecule has 114 valence electrons. The summed E-state index contributed by atoms with van der Waals surface area (Å²) in [5.74, 6) is 0.577. The lowest BCUT2D eigenvalue weighted by atomic mass is 9.90. The van der Waals surface area contributed by atoms with Crippen LogP contribution in [0.3, 0.4) is 0 Å². The number of allylic oxidation sites excluding steroid dienone is 1. The molecule has 1 N–H and O–H groups in total. The zero-order chi connectivity index (χ0) is 15.6. The highest BCUT2D eigenvalue weighted by Gasteiger charge is 2.21. The Balaban J connectivity index is 2.06. The van der Waals surface area contributed by atoms with Crippen molar-refractivity contribution < 1.29 is 0 Å². The lowest BCUT2D eigenvalue weighted by molar-refractivity contribution is 0.424. The van der Waals surface area contributed by atoms with E-state index in [1.165, 1.54) is 16.7 Å². The number of aryl methyl sites for hydroxylation is 1. The van der Waals surface area contributed by atoms with Crippen LogP contribution in [0.1, 0.15) is 50.3 Å². The van der Waals surface area contributed by atoms with Gasteiger partial charge in [-0.1, -0.05) is 43.6 Å². The summed E-state index contributed by atoms with van der Waals surface area (Å²) in [6.45, 7) is 11.8. The van der Waals surface area contributed by atoms with Crippen LogP contribution in [0.4, 0.5) is 0 Å². The lowest BCUT2D eigenvalue weighted by Gasteiger charge is -2.28. The molecule has 1 aromatic carbocycles. The SMILES string of the molecule is Cc1cc(CC(C)(C)NC2=CC(Cl)=NC2)ccc1C(C)C. The molecule has 1 heterocycles. The molecular weight excluding hydrogens is 280 g/mol. The Kier molecular flexibility index (Phi) is 4.77. The Labute approximate surface area is 133 Å².